The lowest BCUT2D eigenvalue weighted by Gasteiger charge is -2.27. The van der Waals surface area contributed by atoms with E-state index in [-0.39, 0.29) is 18.6 Å². The van der Waals surface area contributed by atoms with Crippen molar-refractivity contribution in [3.8, 4) is 0 Å². The van der Waals surface area contributed by atoms with Gasteiger partial charge in [-0.25, -0.2) is 4.79 Å². The van der Waals surface area contributed by atoms with Crippen molar-refractivity contribution in [3.63, 3.8) is 0 Å². The molecule has 0 saturated heterocycles. The molecule has 120 valence electrons. The molecule has 21 heavy (non-hydrogen) atoms. The Morgan fingerprint density at radius 3 is 2.48 bits per heavy atom. The topological polar surface area (TPSA) is 70.4 Å². The molecular formula is C15H28N4O2. The standard InChI is InChI=1S/C15H28N4O2/c1-10(8-13-11(2)17-19(7)12(13)3)16-14(20)18(6)9-15(4,5)21/h10,21H,8-9H2,1-7H3,(H,16,20). The van der Waals surface area contributed by atoms with Crippen molar-refractivity contribution in [2.75, 3.05) is 13.6 Å². The summed E-state index contributed by atoms with van der Waals surface area (Å²) in [5, 5.41) is 17.1. The number of nitrogens with one attached hydrogen (secondary N) is 1. The average molecular weight is 296 g/mol. The molecule has 0 spiro atoms. The van der Waals surface area contributed by atoms with Gasteiger partial charge in [0.1, 0.15) is 0 Å². The third-order valence-corrected chi connectivity index (χ3v) is 3.51. The molecule has 1 aromatic heterocycles. The summed E-state index contributed by atoms with van der Waals surface area (Å²) in [6, 6.07) is -0.174. The Hall–Kier alpha value is -1.56. The Balaban J connectivity index is 2.61. The smallest absolute Gasteiger partial charge is 0.317 e. The van der Waals surface area contributed by atoms with Crippen molar-refractivity contribution >= 4 is 6.03 Å². The van der Waals surface area contributed by atoms with Gasteiger partial charge in [0.2, 0.25) is 0 Å². The number of aliphatic hydroxyl groups is 1. The predicted octanol–water partition coefficient (Wildman–Crippen LogP) is 1.38. The minimum atomic E-state index is -0.897. The number of aryl methyl sites for hydroxylation is 2. The van der Waals surface area contributed by atoms with Crippen molar-refractivity contribution < 1.29 is 9.90 Å². The lowest BCUT2D eigenvalue weighted by Crippen LogP contribution is -2.47. The number of hydrogen-bond acceptors (Lipinski definition) is 3. The zero-order chi connectivity index (χ0) is 16.4. The van der Waals surface area contributed by atoms with E-state index < -0.39 is 5.60 Å². The molecule has 0 aliphatic heterocycles. The van der Waals surface area contributed by atoms with Gasteiger partial charge in [-0.2, -0.15) is 5.10 Å². The number of hydrogen-bond donors (Lipinski definition) is 2. The number of nitrogens with zero attached hydrogens (tertiary/aromatic N) is 3. The summed E-state index contributed by atoms with van der Waals surface area (Å²) < 4.78 is 1.86. The van der Waals surface area contributed by atoms with Crippen LogP contribution in [0.2, 0.25) is 0 Å². The minimum absolute atomic E-state index is 0.00311. The van der Waals surface area contributed by atoms with Crippen molar-refractivity contribution in [3.05, 3.63) is 17.0 Å². The first-order chi connectivity index (χ1) is 9.51. The van der Waals surface area contributed by atoms with Crippen LogP contribution in [0.3, 0.4) is 0 Å². The van der Waals surface area contributed by atoms with Gasteiger partial charge in [0, 0.05) is 25.8 Å². The lowest BCUT2D eigenvalue weighted by molar-refractivity contribution is 0.0528. The van der Waals surface area contributed by atoms with Gasteiger partial charge in [-0.05, 0) is 46.6 Å². The Labute approximate surface area is 127 Å². The normalized spacial score (nSPS) is 13.1. The number of carbonyl (C=O) groups is 1. The van der Waals surface area contributed by atoms with Crippen molar-refractivity contribution in [1.29, 1.82) is 0 Å². The summed E-state index contributed by atoms with van der Waals surface area (Å²) in [7, 11) is 3.60. The first-order valence-electron chi connectivity index (χ1n) is 7.24. The Morgan fingerprint density at radius 2 is 2.05 bits per heavy atom. The summed E-state index contributed by atoms with van der Waals surface area (Å²) in [6.07, 6.45) is 0.744. The molecule has 1 atom stereocenters. The van der Waals surface area contributed by atoms with E-state index in [4.69, 9.17) is 0 Å². The van der Waals surface area contributed by atoms with E-state index in [0.29, 0.717) is 0 Å². The highest BCUT2D eigenvalue weighted by atomic mass is 16.3. The summed E-state index contributed by atoms with van der Waals surface area (Å²) >= 11 is 0. The van der Waals surface area contributed by atoms with Crippen LogP contribution in [0.1, 0.15) is 37.7 Å². The largest absolute Gasteiger partial charge is 0.389 e. The zero-order valence-electron chi connectivity index (χ0n) is 14.2. The second-order valence-corrected chi connectivity index (χ2v) is 6.50. The van der Waals surface area contributed by atoms with Gasteiger partial charge < -0.3 is 15.3 Å². The quantitative estimate of drug-likeness (QED) is 0.862. The van der Waals surface area contributed by atoms with Crippen molar-refractivity contribution in [1.82, 2.24) is 20.0 Å². The van der Waals surface area contributed by atoms with Crippen LogP contribution < -0.4 is 5.32 Å². The molecule has 1 aromatic rings. The molecule has 1 rings (SSSR count). The second kappa shape index (κ2) is 6.47. The second-order valence-electron chi connectivity index (χ2n) is 6.50. The van der Waals surface area contributed by atoms with Gasteiger partial charge in [-0.15, -0.1) is 0 Å². The fourth-order valence-corrected chi connectivity index (χ4v) is 2.44. The molecule has 6 heteroatoms. The van der Waals surface area contributed by atoms with Crippen LogP contribution in [0.4, 0.5) is 4.79 Å². The fourth-order valence-electron chi connectivity index (χ4n) is 2.44. The Morgan fingerprint density at radius 1 is 1.48 bits per heavy atom. The monoisotopic (exact) mass is 296 g/mol. The first kappa shape index (κ1) is 17.5. The van der Waals surface area contributed by atoms with Gasteiger partial charge in [0.25, 0.3) is 0 Å². The number of amides is 2. The molecule has 1 unspecified atom stereocenters. The molecule has 0 aromatic carbocycles. The summed E-state index contributed by atoms with van der Waals surface area (Å²) in [6.45, 7) is 9.64. The van der Waals surface area contributed by atoms with E-state index in [1.54, 1.807) is 20.9 Å². The Bertz CT molecular complexity index is 503. The summed E-state index contributed by atoms with van der Waals surface area (Å²) in [5.41, 5.74) is 2.40. The van der Waals surface area contributed by atoms with E-state index >= 15 is 0 Å². The molecule has 6 nitrogen and oxygen atoms in total. The van der Waals surface area contributed by atoms with E-state index in [0.717, 1.165) is 17.8 Å². The van der Waals surface area contributed by atoms with Gasteiger partial charge in [0.05, 0.1) is 17.8 Å². The molecule has 0 aliphatic carbocycles. The summed E-state index contributed by atoms with van der Waals surface area (Å²) in [4.78, 5) is 13.6. The van der Waals surface area contributed by atoms with Gasteiger partial charge in [0.15, 0.2) is 0 Å². The third-order valence-electron chi connectivity index (χ3n) is 3.51. The molecule has 0 radical (unpaired) electrons. The molecule has 2 N–H and O–H groups in total. The van der Waals surface area contributed by atoms with Gasteiger partial charge in [-0.1, -0.05) is 0 Å². The third kappa shape index (κ3) is 5.04. The average Bonchev–Trinajstić information content (AvgIpc) is 2.53. The van der Waals surface area contributed by atoms with Crippen LogP contribution in [0.15, 0.2) is 0 Å². The minimum Gasteiger partial charge on any atom is -0.389 e. The SMILES string of the molecule is Cc1nn(C)c(C)c1CC(C)NC(=O)N(C)CC(C)(C)O. The van der Waals surface area contributed by atoms with Crippen molar-refractivity contribution in [2.45, 2.75) is 52.7 Å². The first-order valence-corrected chi connectivity index (χ1v) is 7.24. The van der Waals surface area contributed by atoms with Gasteiger partial charge in [-0.3, -0.25) is 4.68 Å². The molecular weight excluding hydrogens is 268 g/mol. The van der Waals surface area contributed by atoms with Crippen molar-refractivity contribution in [2.24, 2.45) is 7.05 Å². The number of carbonyl (C=O) groups excluding carboxylic acids is 1. The van der Waals surface area contributed by atoms with Crippen LogP contribution >= 0.6 is 0 Å². The highest BCUT2D eigenvalue weighted by Gasteiger charge is 2.21. The van der Waals surface area contributed by atoms with E-state index in [1.807, 2.05) is 32.5 Å². The molecule has 1 heterocycles. The number of rotatable bonds is 5. The number of likely N-dealkylation sites (N-methyl/N-ethyl adjacent to an activating group) is 1. The van der Waals surface area contributed by atoms with Gasteiger partial charge >= 0.3 is 6.03 Å². The van der Waals surface area contributed by atoms with Crippen LogP contribution in [0.5, 0.6) is 0 Å². The molecule has 2 amide bonds. The number of urea groups is 1. The highest BCUT2D eigenvalue weighted by molar-refractivity contribution is 5.74. The maximum atomic E-state index is 12.1. The van der Waals surface area contributed by atoms with E-state index in [2.05, 4.69) is 10.4 Å². The lowest BCUT2D eigenvalue weighted by atomic mass is 10.1. The number of aromatic nitrogens is 2. The fraction of sp³-hybridized carbons (Fsp3) is 0.733. The molecule has 0 aliphatic rings. The maximum Gasteiger partial charge on any atom is 0.317 e. The Kier molecular flexibility index (Phi) is 5.39. The zero-order valence-corrected chi connectivity index (χ0v) is 14.2. The van der Waals surface area contributed by atoms with Crippen LogP contribution in [0.25, 0.3) is 0 Å². The van der Waals surface area contributed by atoms with E-state index in [1.165, 1.54) is 10.5 Å². The van der Waals surface area contributed by atoms with Crippen LogP contribution in [-0.2, 0) is 13.5 Å². The molecule has 0 bridgehead atoms. The molecule has 0 saturated carbocycles. The molecule has 0 fully saturated rings. The van der Waals surface area contributed by atoms with Crippen LogP contribution in [0, 0.1) is 13.8 Å². The van der Waals surface area contributed by atoms with E-state index in [9.17, 15) is 9.90 Å². The predicted molar refractivity (Wildman–Crippen MR) is 83.3 cm³/mol. The highest BCUT2D eigenvalue weighted by Crippen LogP contribution is 2.14. The summed E-state index contributed by atoms with van der Waals surface area (Å²) in [5.74, 6) is 0. The maximum absolute atomic E-state index is 12.1. The van der Waals surface area contributed by atoms with Crippen LogP contribution in [-0.4, -0.2) is 51.1 Å².